The lowest BCUT2D eigenvalue weighted by molar-refractivity contribution is -0.378. The van der Waals surface area contributed by atoms with Crippen molar-refractivity contribution in [3.63, 3.8) is 0 Å². The first-order valence-corrected chi connectivity index (χ1v) is 20.9. The van der Waals surface area contributed by atoms with Gasteiger partial charge in [0, 0.05) is 0 Å². The zero-order chi connectivity index (χ0) is 40.6. The van der Waals surface area contributed by atoms with E-state index < -0.39 is 97.8 Å². The van der Waals surface area contributed by atoms with E-state index in [4.69, 9.17) is 18.9 Å². The first kappa shape index (κ1) is 43.8. The molecule has 0 aromatic carbocycles. The molecule has 318 valence electrons. The molecule has 6 fully saturated rings. The molecule has 0 aromatic rings. The van der Waals surface area contributed by atoms with Gasteiger partial charge in [-0.1, -0.05) is 46.3 Å². The van der Waals surface area contributed by atoms with Crippen LogP contribution >= 0.6 is 0 Å². The SMILES string of the molecule is CC(C)=CCCC(C)(O)[C@H]1CC[C@]2(C)[C@@H]1[C@H](O)CC1[C@@]3(C)CC[C@H](O[C@@H]4O[C@H](CO)[C@@H](O)[C@H](O)[C@H]4O[C@@H]4O[C@H](CO)[C@@H](O)[C@H](O)[C@H]4O)C(C)(C)[C@@H]3CC[C@]12C. The van der Waals surface area contributed by atoms with Gasteiger partial charge in [0.15, 0.2) is 12.6 Å². The maximum atomic E-state index is 12.2. The van der Waals surface area contributed by atoms with E-state index in [0.29, 0.717) is 19.3 Å². The van der Waals surface area contributed by atoms with Gasteiger partial charge in [0.25, 0.3) is 0 Å². The average molecular weight is 785 g/mol. The van der Waals surface area contributed by atoms with Crippen molar-refractivity contribution in [2.75, 3.05) is 13.2 Å². The lowest BCUT2D eigenvalue weighted by atomic mass is 9.35. The van der Waals surface area contributed by atoms with Crippen LogP contribution in [0.2, 0.25) is 0 Å². The molecule has 2 saturated heterocycles. The monoisotopic (exact) mass is 784 g/mol. The Bertz CT molecular complexity index is 1370. The van der Waals surface area contributed by atoms with Gasteiger partial charge in [-0.05, 0) is 124 Å². The number of ether oxygens (including phenoxy) is 4. The summed E-state index contributed by atoms with van der Waals surface area (Å²) in [4.78, 5) is 0. The van der Waals surface area contributed by atoms with Crippen LogP contribution in [0.4, 0.5) is 0 Å². The minimum absolute atomic E-state index is 0.00798. The molecule has 2 unspecified atom stereocenters. The predicted octanol–water partition coefficient (Wildman–Crippen LogP) is 2.15. The summed E-state index contributed by atoms with van der Waals surface area (Å²) in [5.41, 5.74) is -0.405. The van der Waals surface area contributed by atoms with E-state index in [2.05, 4.69) is 54.5 Å². The van der Waals surface area contributed by atoms with Gasteiger partial charge >= 0.3 is 0 Å². The van der Waals surface area contributed by atoms with Gasteiger partial charge in [0.05, 0.1) is 31.0 Å². The lowest BCUT2D eigenvalue weighted by Crippen LogP contribution is -2.68. The topological polar surface area (TPSA) is 219 Å². The van der Waals surface area contributed by atoms with Crippen LogP contribution in [0.3, 0.4) is 0 Å². The molecule has 6 aliphatic rings. The second-order valence-corrected chi connectivity index (χ2v) is 20.1. The van der Waals surface area contributed by atoms with Gasteiger partial charge in [-0.25, -0.2) is 0 Å². The molecule has 0 spiro atoms. The molecule has 13 nitrogen and oxygen atoms in total. The fraction of sp³-hybridized carbons (Fsp3) is 0.952. The first-order chi connectivity index (χ1) is 25.6. The summed E-state index contributed by atoms with van der Waals surface area (Å²) in [5, 5.41) is 97.4. The van der Waals surface area contributed by atoms with E-state index >= 15 is 0 Å². The highest BCUT2D eigenvalue weighted by Crippen LogP contribution is 2.76. The number of rotatable bonds is 10. The highest BCUT2D eigenvalue weighted by atomic mass is 16.8. The number of aliphatic hydroxyl groups is 9. The zero-order valence-corrected chi connectivity index (χ0v) is 34.3. The quantitative estimate of drug-likeness (QED) is 0.115. The molecule has 55 heavy (non-hydrogen) atoms. The second-order valence-electron chi connectivity index (χ2n) is 20.1. The Balaban J connectivity index is 1.23. The Morgan fingerprint density at radius 1 is 0.727 bits per heavy atom. The first-order valence-electron chi connectivity index (χ1n) is 20.9. The van der Waals surface area contributed by atoms with E-state index in [9.17, 15) is 46.0 Å². The summed E-state index contributed by atoms with van der Waals surface area (Å²) in [6.07, 6.45) is -6.48. The molecule has 6 rings (SSSR count). The maximum absolute atomic E-state index is 12.2. The molecule has 20 atom stereocenters. The number of fused-ring (bicyclic) bond motifs is 5. The summed E-state index contributed by atoms with van der Waals surface area (Å²) in [7, 11) is 0. The number of allylic oxidation sites excluding steroid dienone is 2. The minimum atomic E-state index is -1.75. The van der Waals surface area contributed by atoms with Crippen molar-refractivity contribution < 1.29 is 64.9 Å². The Hall–Kier alpha value is -0.780. The van der Waals surface area contributed by atoms with E-state index in [-0.39, 0.29) is 39.9 Å². The van der Waals surface area contributed by atoms with Crippen LogP contribution in [0.5, 0.6) is 0 Å². The third-order valence-electron chi connectivity index (χ3n) is 16.6. The Morgan fingerprint density at radius 2 is 1.33 bits per heavy atom. The number of hydrogen-bond acceptors (Lipinski definition) is 13. The van der Waals surface area contributed by atoms with Crippen LogP contribution in [0.25, 0.3) is 0 Å². The third-order valence-corrected chi connectivity index (χ3v) is 16.6. The van der Waals surface area contributed by atoms with E-state index in [1.165, 1.54) is 5.57 Å². The van der Waals surface area contributed by atoms with Crippen LogP contribution in [0, 0.1) is 45.3 Å². The highest BCUT2D eigenvalue weighted by molar-refractivity contribution is 5.20. The Labute approximate surface area is 327 Å². The number of aliphatic hydroxyl groups excluding tert-OH is 8. The molecule has 0 aromatic heterocycles. The fourth-order valence-electron chi connectivity index (χ4n) is 13.3. The van der Waals surface area contributed by atoms with Crippen LogP contribution in [-0.4, -0.2) is 138 Å². The predicted molar refractivity (Wildman–Crippen MR) is 201 cm³/mol. The van der Waals surface area contributed by atoms with E-state index in [1.807, 2.05) is 6.92 Å². The summed E-state index contributed by atoms with van der Waals surface area (Å²) in [6, 6.07) is 0. The Morgan fingerprint density at radius 3 is 1.95 bits per heavy atom. The summed E-state index contributed by atoms with van der Waals surface area (Å²) in [5.74, 6) is 0.445. The van der Waals surface area contributed by atoms with Gasteiger partial charge in [-0.2, -0.15) is 0 Å². The summed E-state index contributed by atoms with van der Waals surface area (Å²) >= 11 is 0. The van der Waals surface area contributed by atoms with Gasteiger partial charge < -0.3 is 64.9 Å². The largest absolute Gasteiger partial charge is 0.394 e. The molecule has 0 radical (unpaired) electrons. The lowest BCUT2D eigenvalue weighted by Gasteiger charge is -2.70. The third kappa shape index (κ3) is 7.20. The molecule has 2 heterocycles. The molecule has 13 heteroatoms. The normalized spacial score (nSPS) is 52.0. The van der Waals surface area contributed by atoms with Crippen LogP contribution in [0.15, 0.2) is 11.6 Å². The molecule has 4 saturated carbocycles. The van der Waals surface area contributed by atoms with Gasteiger partial charge in [0.1, 0.15) is 48.8 Å². The summed E-state index contributed by atoms with van der Waals surface area (Å²) < 4.78 is 24.4. The number of hydrogen-bond donors (Lipinski definition) is 9. The molecule has 9 N–H and O–H groups in total. The molecule has 4 aliphatic carbocycles. The van der Waals surface area contributed by atoms with Crippen molar-refractivity contribution in [2.24, 2.45) is 45.3 Å². The molecular formula is C42H72O13. The van der Waals surface area contributed by atoms with Gasteiger partial charge in [-0.3, -0.25) is 0 Å². The van der Waals surface area contributed by atoms with Crippen molar-refractivity contribution in [3.05, 3.63) is 11.6 Å². The molecule has 2 aliphatic heterocycles. The van der Waals surface area contributed by atoms with Crippen LogP contribution < -0.4 is 0 Å². The van der Waals surface area contributed by atoms with Crippen molar-refractivity contribution >= 4 is 0 Å². The maximum Gasteiger partial charge on any atom is 0.187 e. The summed E-state index contributed by atoms with van der Waals surface area (Å²) in [6.45, 7) is 16.5. The van der Waals surface area contributed by atoms with Gasteiger partial charge in [-0.15, -0.1) is 0 Å². The Kier molecular flexibility index (Phi) is 12.5. The smallest absolute Gasteiger partial charge is 0.187 e. The van der Waals surface area contributed by atoms with Crippen LogP contribution in [-0.2, 0) is 18.9 Å². The van der Waals surface area contributed by atoms with Crippen molar-refractivity contribution in [3.8, 4) is 0 Å². The highest BCUT2D eigenvalue weighted by Gasteiger charge is 2.71. The van der Waals surface area contributed by atoms with E-state index in [0.717, 1.165) is 38.5 Å². The van der Waals surface area contributed by atoms with Crippen molar-refractivity contribution in [1.82, 2.24) is 0 Å². The molecule has 0 amide bonds. The van der Waals surface area contributed by atoms with Crippen LogP contribution in [0.1, 0.15) is 113 Å². The molecule has 0 bridgehead atoms. The average Bonchev–Trinajstić information content (AvgIpc) is 3.50. The van der Waals surface area contributed by atoms with Gasteiger partial charge in [0.2, 0.25) is 0 Å². The minimum Gasteiger partial charge on any atom is -0.394 e. The second kappa shape index (κ2) is 15.7. The molecular weight excluding hydrogens is 712 g/mol. The fourth-order valence-corrected chi connectivity index (χ4v) is 13.3. The van der Waals surface area contributed by atoms with E-state index in [1.54, 1.807) is 0 Å². The van der Waals surface area contributed by atoms with Crippen molar-refractivity contribution in [2.45, 2.75) is 192 Å². The van der Waals surface area contributed by atoms with Crippen molar-refractivity contribution in [1.29, 1.82) is 0 Å². The zero-order valence-electron chi connectivity index (χ0n) is 34.3. The standard InChI is InChI=1S/C42H72O13/c1-21(2)10-9-14-42(8,51)22-11-16-41(7)29(22)23(45)18-27-39(5)15-13-28(38(3,4)26(39)12-17-40(27,41)6)54-37-35(33(49)31(47)25(20-44)53-37)55-36-34(50)32(48)30(46)24(19-43)52-36/h10,22-37,43-51H,9,11-20H2,1-8H3/t22-,23+,24+,25+,26-,27?,28-,29-,30+,31+,32-,33-,34+,35+,36-,37-,39-,40+,41+,42?/m0/s1.